The second kappa shape index (κ2) is 6.73. The summed E-state index contributed by atoms with van der Waals surface area (Å²) in [4.78, 5) is 2.08. The van der Waals surface area contributed by atoms with Gasteiger partial charge in [0.2, 0.25) is 0 Å². The first-order valence-corrected chi connectivity index (χ1v) is 7.01. The van der Waals surface area contributed by atoms with Gasteiger partial charge in [-0.05, 0) is 42.8 Å². The van der Waals surface area contributed by atoms with Crippen LogP contribution >= 0.6 is 11.6 Å². The molecule has 2 N–H and O–H groups in total. The second-order valence-corrected chi connectivity index (χ2v) is 5.01. The molecular formula is C16H18ClFN2. The minimum absolute atomic E-state index is 0.0273. The molecule has 4 heteroatoms. The zero-order valence-corrected chi connectivity index (χ0v) is 12.1. The molecular weight excluding hydrogens is 275 g/mol. The second-order valence-electron chi connectivity index (χ2n) is 4.57. The predicted octanol–water partition coefficient (Wildman–Crippen LogP) is 4.01. The molecule has 2 rings (SSSR count). The van der Waals surface area contributed by atoms with Gasteiger partial charge >= 0.3 is 0 Å². The molecule has 0 aromatic heterocycles. The van der Waals surface area contributed by atoms with Crippen molar-refractivity contribution in [1.82, 2.24) is 0 Å². The first kappa shape index (κ1) is 14.8. The van der Waals surface area contributed by atoms with Crippen molar-refractivity contribution in [3.8, 4) is 0 Å². The normalized spacial score (nSPS) is 12.2. The van der Waals surface area contributed by atoms with E-state index < -0.39 is 0 Å². The smallest absolute Gasteiger partial charge is 0.125 e. The number of rotatable bonds is 5. The summed E-state index contributed by atoms with van der Waals surface area (Å²) >= 11 is 6.05. The van der Waals surface area contributed by atoms with Crippen LogP contribution in [0.5, 0.6) is 0 Å². The maximum Gasteiger partial charge on any atom is 0.125 e. The van der Waals surface area contributed by atoms with Gasteiger partial charge in [0.1, 0.15) is 5.82 Å². The van der Waals surface area contributed by atoms with Gasteiger partial charge in [-0.15, -0.1) is 0 Å². The van der Waals surface area contributed by atoms with Crippen LogP contribution in [-0.2, 0) is 0 Å². The molecule has 2 aromatic rings. The molecule has 0 bridgehead atoms. The van der Waals surface area contributed by atoms with Gasteiger partial charge < -0.3 is 10.6 Å². The van der Waals surface area contributed by atoms with Crippen molar-refractivity contribution >= 4 is 17.3 Å². The Hall–Kier alpha value is -1.58. The summed E-state index contributed by atoms with van der Waals surface area (Å²) in [6.07, 6.45) is 0. The van der Waals surface area contributed by atoms with Gasteiger partial charge in [-0.2, -0.15) is 0 Å². The van der Waals surface area contributed by atoms with E-state index in [-0.39, 0.29) is 11.9 Å². The Bertz CT molecular complexity index is 522. The fourth-order valence-electron chi connectivity index (χ4n) is 2.39. The Kier molecular flexibility index (Phi) is 4.99. The lowest BCUT2D eigenvalue weighted by Gasteiger charge is -2.32. The van der Waals surface area contributed by atoms with E-state index in [2.05, 4.69) is 4.90 Å². The lowest BCUT2D eigenvalue weighted by atomic mass is 10.0. The summed E-state index contributed by atoms with van der Waals surface area (Å²) in [7, 11) is 0. The number of likely N-dealkylation sites (N-methyl/N-ethyl adjacent to an activating group) is 1. The van der Waals surface area contributed by atoms with Gasteiger partial charge in [0, 0.05) is 23.8 Å². The molecule has 0 aliphatic heterocycles. The van der Waals surface area contributed by atoms with Crippen molar-refractivity contribution in [2.24, 2.45) is 5.73 Å². The van der Waals surface area contributed by atoms with Crippen molar-refractivity contribution < 1.29 is 4.39 Å². The highest BCUT2D eigenvalue weighted by atomic mass is 35.5. The third-order valence-electron chi connectivity index (χ3n) is 3.31. The largest absolute Gasteiger partial charge is 0.363 e. The average Bonchev–Trinajstić information content (AvgIpc) is 2.44. The summed E-state index contributed by atoms with van der Waals surface area (Å²) in [6, 6.07) is 14.2. The van der Waals surface area contributed by atoms with E-state index in [0.717, 1.165) is 17.8 Å². The lowest BCUT2D eigenvalue weighted by Crippen LogP contribution is -2.33. The predicted molar refractivity (Wildman–Crippen MR) is 82.7 cm³/mol. The SMILES string of the molecule is CCN(c1cccc(F)c1)C(CN)c1cccc(Cl)c1. The molecule has 2 nitrogen and oxygen atoms in total. The van der Waals surface area contributed by atoms with Crippen LogP contribution in [0.4, 0.5) is 10.1 Å². The molecule has 0 saturated heterocycles. The van der Waals surface area contributed by atoms with Crippen molar-refractivity contribution in [1.29, 1.82) is 0 Å². The minimum Gasteiger partial charge on any atom is -0.363 e. The van der Waals surface area contributed by atoms with Crippen LogP contribution in [-0.4, -0.2) is 13.1 Å². The monoisotopic (exact) mass is 292 g/mol. The van der Waals surface area contributed by atoms with Crippen LogP contribution in [0, 0.1) is 5.82 Å². The van der Waals surface area contributed by atoms with E-state index in [0.29, 0.717) is 11.6 Å². The maximum atomic E-state index is 13.4. The number of benzene rings is 2. The molecule has 0 fully saturated rings. The Morgan fingerprint density at radius 2 is 1.95 bits per heavy atom. The number of anilines is 1. The van der Waals surface area contributed by atoms with Crippen molar-refractivity contribution in [3.63, 3.8) is 0 Å². The number of nitrogens with two attached hydrogens (primary N) is 1. The third kappa shape index (κ3) is 3.30. The Morgan fingerprint density at radius 1 is 1.20 bits per heavy atom. The molecule has 0 saturated carbocycles. The Morgan fingerprint density at radius 3 is 2.55 bits per heavy atom. The molecule has 1 unspecified atom stereocenters. The molecule has 0 amide bonds. The summed E-state index contributed by atoms with van der Waals surface area (Å²) < 4.78 is 13.4. The highest BCUT2D eigenvalue weighted by Crippen LogP contribution is 2.28. The van der Waals surface area contributed by atoms with Gasteiger partial charge in [0.25, 0.3) is 0 Å². The average molecular weight is 293 g/mol. The van der Waals surface area contributed by atoms with Crippen LogP contribution in [0.15, 0.2) is 48.5 Å². The van der Waals surface area contributed by atoms with E-state index in [9.17, 15) is 4.39 Å². The zero-order valence-electron chi connectivity index (χ0n) is 11.4. The topological polar surface area (TPSA) is 29.3 Å². The van der Waals surface area contributed by atoms with Crippen LogP contribution in [0.3, 0.4) is 0 Å². The number of hydrogen-bond acceptors (Lipinski definition) is 2. The Balaban J connectivity index is 2.37. The molecule has 0 spiro atoms. The highest BCUT2D eigenvalue weighted by Gasteiger charge is 2.18. The van der Waals surface area contributed by atoms with Gasteiger partial charge in [0.15, 0.2) is 0 Å². The molecule has 0 aliphatic rings. The lowest BCUT2D eigenvalue weighted by molar-refractivity contribution is 0.616. The van der Waals surface area contributed by atoms with Crippen molar-refractivity contribution in [2.45, 2.75) is 13.0 Å². The molecule has 2 aromatic carbocycles. The highest BCUT2D eigenvalue weighted by molar-refractivity contribution is 6.30. The Labute approximate surface area is 124 Å². The number of hydrogen-bond donors (Lipinski definition) is 1. The minimum atomic E-state index is -0.247. The van der Waals surface area contributed by atoms with Gasteiger partial charge in [0.05, 0.1) is 6.04 Å². The third-order valence-corrected chi connectivity index (χ3v) is 3.55. The summed E-state index contributed by atoms with van der Waals surface area (Å²) in [5, 5.41) is 0.677. The maximum absolute atomic E-state index is 13.4. The van der Waals surface area contributed by atoms with E-state index in [1.807, 2.05) is 37.3 Å². The molecule has 1 atom stereocenters. The first-order valence-electron chi connectivity index (χ1n) is 6.63. The van der Waals surface area contributed by atoms with Crippen LogP contribution < -0.4 is 10.6 Å². The van der Waals surface area contributed by atoms with Crippen molar-refractivity contribution in [2.75, 3.05) is 18.0 Å². The standard InChI is InChI=1S/C16H18ClFN2/c1-2-20(15-8-4-7-14(18)10-15)16(11-19)12-5-3-6-13(17)9-12/h3-10,16H,2,11,19H2,1H3. The quantitative estimate of drug-likeness (QED) is 0.902. The fraction of sp³-hybridized carbons (Fsp3) is 0.250. The molecule has 0 heterocycles. The van der Waals surface area contributed by atoms with Crippen LogP contribution in [0.2, 0.25) is 5.02 Å². The van der Waals surface area contributed by atoms with Gasteiger partial charge in [-0.25, -0.2) is 4.39 Å². The van der Waals surface area contributed by atoms with E-state index in [1.165, 1.54) is 12.1 Å². The van der Waals surface area contributed by atoms with E-state index in [4.69, 9.17) is 17.3 Å². The summed E-state index contributed by atoms with van der Waals surface area (Å²) in [6.45, 7) is 3.20. The molecule has 20 heavy (non-hydrogen) atoms. The summed E-state index contributed by atoms with van der Waals surface area (Å²) in [5.74, 6) is -0.247. The van der Waals surface area contributed by atoms with Gasteiger partial charge in [-0.1, -0.05) is 29.8 Å². The number of nitrogens with zero attached hydrogens (tertiary/aromatic N) is 1. The van der Waals surface area contributed by atoms with Crippen LogP contribution in [0.1, 0.15) is 18.5 Å². The summed E-state index contributed by atoms with van der Waals surface area (Å²) in [5.41, 5.74) is 7.78. The van der Waals surface area contributed by atoms with E-state index >= 15 is 0 Å². The molecule has 0 radical (unpaired) electrons. The van der Waals surface area contributed by atoms with Crippen LogP contribution in [0.25, 0.3) is 0 Å². The van der Waals surface area contributed by atoms with Gasteiger partial charge in [-0.3, -0.25) is 0 Å². The number of halogens is 2. The zero-order chi connectivity index (χ0) is 14.5. The van der Waals surface area contributed by atoms with Crippen molar-refractivity contribution in [3.05, 3.63) is 64.9 Å². The molecule has 0 aliphatic carbocycles. The molecule has 106 valence electrons. The van der Waals surface area contributed by atoms with E-state index in [1.54, 1.807) is 6.07 Å². The fourth-order valence-corrected chi connectivity index (χ4v) is 2.59. The first-order chi connectivity index (χ1) is 9.65.